The Kier molecular flexibility index (Phi) is 5.95. The van der Waals surface area contributed by atoms with Gasteiger partial charge in [0.1, 0.15) is 24.1 Å². The number of hydrogen-bond donors (Lipinski definition) is 2. The first-order valence-corrected chi connectivity index (χ1v) is 9.40. The standard InChI is InChI=1S/C19H18BrF3N4O2/c1-9(11-5-4-6-13(15(11)21)19(22,23)8-28)24-16-12-7-14(20)18(29-3)27-17(12)26-10(2)25-16/h4-7,9,28H,8H2,1-3H3,(H,24,25,26,27). The summed E-state index contributed by atoms with van der Waals surface area (Å²) >= 11 is 3.35. The lowest BCUT2D eigenvalue weighted by Crippen LogP contribution is -2.22. The van der Waals surface area contributed by atoms with Crippen molar-refractivity contribution in [3.8, 4) is 5.88 Å². The molecule has 2 aromatic heterocycles. The van der Waals surface area contributed by atoms with Crippen molar-refractivity contribution in [1.29, 1.82) is 0 Å². The lowest BCUT2D eigenvalue weighted by molar-refractivity contribution is -0.0583. The van der Waals surface area contributed by atoms with E-state index in [9.17, 15) is 13.2 Å². The summed E-state index contributed by atoms with van der Waals surface area (Å²) in [6.07, 6.45) is 0. The minimum atomic E-state index is -3.68. The largest absolute Gasteiger partial charge is 0.480 e. The number of benzene rings is 1. The number of aryl methyl sites for hydroxylation is 1. The van der Waals surface area contributed by atoms with Gasteiger partial charge in [-0.05, 0) is 41.9 Å². The third-order valence-corrected chi connectivity index (χ3v) is 4.92. The van der Waals surface area contributed by atoms with Crippen molar-refractivity contribution >= 4 is 32.8 Å². The fraction of sp³-hybridized carbons (Fsp3) is 0.316. The molecule has 0 aliphatic heterocycles. The molecule has 0 saturated carbocycles. The quantitative estimate of drug-likeness (QED) is 0.551. The van der Waals surface area contributed by atoms with Gasteiger partial charge in [0.25, 0.3) is 5.92 Å². The van der Waals surface area contributed by atoms with E-state index in [1.807, 2.05) is 0 Å². The number of aliphatic hydroxyl groups excluding tert-OH is 1. The molecular formula is C19H18BrF3N4O2. The molecule has 2 N–H and O–H groups in total. The van der Waals surface area contributed by atoms with Gasteiger partial charge in [-0.2, -0.15) is 13.8 Å². The van der Waals surface area contributed by atoms with Gasteiger partial charge in [0.2, 0.25) is 5.88 Å². The highest BCUT2D eigenvalue weighted by Gasteiger charge is 2.35. The molecule has 0 amide bonds. The first-order valence-electron chi connectivity index (χ1n) is 8.61. The zero-order chi connectivity index (χ0) is 21.3. The van der Waals surface area contributed by atoms with Crippen molar-refractivity contribution in [3.63, 3.8) is 0 Å². The van der Waals surface area contributed by atoms with E-state index in [2.05, 4.69) is 36.2 Å². The average Bonchev–Trinajstić information content (AvgIpc) is 2.67. The molecule has 2 heterocycles. The van der Waals surface area contributed by atoms with Crippen LogP contribution in [0.25, 0.3) is 11.0 Å². The monoisotopic (exact) mass is 470 g/mol. The van der Waals surface area contributed by atoms with Crippen molar-refractivity contribution in [1.82, 2.24) is 15.0 Å². The molecule has 0 spiro atoms. The first-order chi connectivity index (χ1) is 13.7. The topological polar surface area (TPSA) is 80.2 Å². The zero-order valence-electron chi connectivity index (χ0n) is 15.8. The maximum atomic E-state index is 14.8. The highest BCUT2D eigenvalue weighted by molar-refractivity contribution is 9.10. The van der Waals surface area contributed by atoms with Crippen LogP contribution in [0.15, 0.2) is 28.7 Å². The molecule has 1 atom stereocenters. The number of hydrogen-bond acceptors (Lipinski definition) is 6. The Morgan fingerprint density at radius 3 is 2.66 bits per heavy atom. The van der Waals surface area contributed by atoms with Crippen LogP contribution in [0.4, 0.5) is 19.0 Å². The smallest absolute Gasteiger partial charge is 0.298 e. The lowest BCUT2D eigenvalue weighted by atomic mass is 10.0. The number of nitrogens with one attached hydrogen (secondary N) is 1. The Hall–Kier alpha value is -2.46. The lowest BCUT2D eigenvalue weighted by Gasteiger charge is -2.21. The van der Waals surface area contributed by atoms with Gasteiger partial charge in [0, 0.05) is 5.56 Å². The molecule has 0 aliphatic rings. The third kappa shape index (κ3) is 4.13. The molecule has 0 saturated heterocycles. The fourth-order valence-electron chi connectivity index (χ4n) is 2.91. The Balaban J connectivity index is 2.04. The van der Waals surface area contributed by atoms with E-state index in [0.717, 1.165) is 6.07 Å². The molecule has 0 bridgehead atoms. The van der Waals surface area contributed by atoms with Crippen LogP contribution in [0.3, 0.4) is 0 Å². The maximum Gasteiger partial charge on any atom is 0.298 e. The van der Waals surface area contributed by atoms with Gasteiger partial charge in [-0.3, -0.25) is 0 Å². The van der Waals surface area contributed by atoms with Gasteiger partial charge >= 0.3 is 0 Å². The summed E-state index contributed by atoms with van der Waals surface area (Å²) in [5.74, 6) is -3.62. The molecule has 1 unspecified atom stereocenters. The number of aromatic nitrogens is 3. The Bertz CT molecular complexity index is 1070. The van der Waals surface area contributed by atoms with Crippen molar-refractivity contribution in [2.24, 2.45) is 0 Å². The summed E-state index contributed by atoms with van der Waals surface area (Å²) < 4.78 is 48.2. The number of anilines is 1. The van der Waals surface area contributed by atoms with Gasteiger partial charge in [0.05, 0.1) is 28.6 Å². The van der Waals surface area contributed by atoms with E-state index < -0.39 is 30.0 Å². The summed E-state index contributed by atoms with van der Waals surface area (Å²) in [4.78, 5) is 12.9. The van der Waals surface area contributed by atoms with Crippen molar-refractivity contribution in [2.75, 3.05) is 19.0 Å². The Morgan fingerprint density at radius 2 is 2.00 bits per heavy atom. The molecule has 3 aromatic rings. The van der Waals surface area contributed by atoms with E-state index in [-0.39, 0.29) is 5.56 Å². The van der Waals surface area contributed by atoms with Gasteiger partial charge in [0.15, 0.2) is 5.65 Å². The van der Waals surface area contributed by atoms with Crippen molar-refractivity contribution < 1.29 is 23.0 Å². The van der Waals surface area contributed by atoms with Crippen LogP contribution in [0.1, 0.15) is 29.9 Å². The summed E-state index contributed by atoms with van der Waals surface area (Å²) in [6.45, 7) is 1.81. The molecule has 6 nitrogen and oxygen atoms in total. The number of fused-ring (bicyclic) bond motifs is 1. The Morgan fingerprint density at radius 1 is 1.28 bits per heavy atom. The summed E-state index contributed by atoms with van der Waals surface area (Å²) in [5.41, 5.74) is -0.474. The van der Waals surface area contributed by atoms with Crippen LogP contribution >= 0.6 is 15.9 Å². The Labute approximate surface area is 173 Å². The van der Waals surface area contributed by atoms with Crippen LogP contribution in [0.2, 0.25) is 0 Å². The number of methoxy groups -OCH3 is 1. The number of alkyl halides is 2. The van der Waals surface area contributed by atoms with Crippen molar-refractivity contribution in [2.45, 2.75) is 25.8 Å². The summed E-state index contributed by atoms with van der Waals surface area (Å²) in [7, 11) is 1.48. The fourth-order valence-corrected chi connectivity index (χ4v) is 3.39. The minimum absolute atomic E-state index is 0.0144. The van der Waals surface area contributed by atoms with Crippen LogP contribution in [0.5, 0.6) is 5.88 Å². The van der Waals surface area contributed by atoms with E-state index in [1.54, 1.807) is 19.9 Å². The molecule has 10 heteroatoms. The number of pyridine rings is 1. The molecule has 0 radical (unpaired) electrons. The predicted molar refractivity (Wildman–Crippen MR) is 106 cm³/mol. The number of halogens is 4. The number of aliphatic hydroxyl groups is 1. The van der Waals surface area contributed by atoms with Crippen LogP contribution < -0.4 is 10.1 Å². The van der Waals surface area contributed by atoms with E-state index in [1.165, 1.54) is 19.2 Å². The van der Waals surface area contributed by atoms with E-state index in [4.69, 9.17) is 9.84 Å². The highest BCUT2D eigenvalue weighted by atomic mass is 79.9. The highest BCUT2D eigenvalue weighted by Crippen LogP contribution is 2.34. The second kappa shape index (κ2) is 8.11. The molecule has 0 aliphatic carbocycles. The first kappa shape index (κ1) is 21.3. The van der Waals surface area contributed by atoms with E-state index >= 15 is 0 Å². The molecule has 3 rings (SSSR count). The second-order valence-electron chi connectivity index (χ2n) is 6.41. The van der Waals surface area contributed by atoms with Gasteiger partial charge in [-0.15, -0.1) is 0 Å². The molecule has 1 aromatic carbocycles. The molecule has 29 heavy (non-hydrogen) atoms. The number of ether oxygens (including phenoxy) is 1. The van der Waals surface area contributed by atoms with Gasteiger partial charge in [-0.1, -0.05) is 12.1 Å². The van der Waals surface area contributed by atoms with Gasteiger partial charge < -0.3 is 15.2 Å². The predicted octanol–water partition coefficient (Wildman–Crippen LogP) is 4.50. The van der Waals surface area contributed by atoms with Crippen molar-refractivity contribution in [3.05, 3.63) is 51.5 Å². The third-order valence-electron chi connectivity index (χ3n) is 4.35. The number of rotatable bonds is 6. The maximum absolute atomic E-state index is 14.8. The van der Waals surface area contributed by atoms with Gasteiger partial charge in [-0.25, -0.2) is 14.4 Å². The minimum Gasteiger partial charge on any atom is -0.480 e. The normalized spacial score (nSPS) is 12.8. The summed E-state index contributed by atoms with van der Waals surface area (Å²) in [5, 5.41) is 12.5. The summed E-state index contributed by atoms with van der Waals surface area (Å²) in [6, 6.07) is 4.68. The SMILES string of the molecule is COc1nc2nc(C)nc(NC(C)c3cccc(C(F)(F)CO)c3F)c2cc1Br. The average molecular weight is 471 g/mol. The molecule has 154 valence electrons. The zero-order valence-corrected chi connectivity index (χ0v) is 17.4. The molecule has 0 fully saturated rings. The van der Waals surface area contributed by atoms with E-state index in [0.29, 0.717) is 33.0 Å². The van der Waals surface area contributed by atoms with Crippen LogP contribution in [-0.2, 0) is 5.92 Å². The van der Waals surface area contributed by atoms with Crippen LogP contribution in [0, 0.1) is 12.7 Å². The van der Waals surface area contributed by atoms with Crippen LogP contribution in [-0.4, -0.2) is 33.8 Å². The number of nitrogens with zero attached hydrogens (tertiary/aromatic N) is 3. The second-order valence-corrected chi connectivity index (χ2v) is 7.26. The molecular weight excluding hydrogens is 453 g/mol.